The minimum absolute atomic E-state index is 0.294. The maximum atomic E-state index is 7.09. The predicted molar refractivity (Wildman–Crippen MR) is 208 cm³/mol. The van der Waals surface area contributed by atoms with Crippen LogP contribution in [0.1, 0.15) is 56.2 Å². The van der Waals surface area contributed by atoms with E-state index in [9.17, 15) is 0 Å². The molecule has 0 radical (unpaired) electrons. The average Bonchev–Trinajstić information content (AvgIpc) is 3.65. The Balaban J connectivity index is 1.41. The molecular formula is C46H40N3O+. The van der Waals surface area contributed by atoms with Gasteiger partial charge in [0.2, 0.25) is 0 Å². The summed E-state index contributed by atoms with van der Waals surface area (Å²) in [6, 6.07) is 43.7. The van der Waals surface area contributed by atoms with Crippen LogP contribution >= 0.6 is 0 Å². The summed E-state index contributed by atoms with van der Waals surface area (Å²) in [7, 11) is 2.20. The van der Waals surface area contributed by atoms with Crippen molar-refractivity contribution in [2.45, 2.75) is 46.5 Å². The molecule has 0 spiro atoms. The van der Waals surface area contributed by atoms with E-state index in [4.69, 9.17) is 9.40 Å². The summed E-state index contributed by atoms with van der Waals surface area (Å²) < 4.78 is 12.0. The van der Waals surface area contributed by atoms with Crippen LogP contribution in [-0.2, 0) is 7.05 Å². The number of fused-ring (bicyclic) bond motifs is 7. The first-order valence-corrected chi connectivity index (χ1v) is 17.7. The zero-order chi connectivity index (χ0) is 34.3. The summed E-state index contributed by atoms with van der Waals surface area (Å²) in [6.07, 6.45) is 0. The van der Waals surface area contributed by atoms with Crippen LogP contribution in [0.2, 0.25) is 0 Å². The van der Waals surface area contributed by atoms with Gasteiger partial charge in [-0.2, -0.15) is 4.57 Å². The molecule has 0 saturated carbocycles. The highest BCUT2D eigenvalue weighted by atomic mass is 16.3. The monoisotopic (exact) mass is 650 g/mol. The van der Waals surface area contributed by atoms with Crippen LogP contribution in [0.3, 0.4) is 0 Å². The lowest BCUT2D eigenvalue weighted by molar-refractivity contribution is -0.633. The molecule has 0 fully saturated rings. The van der Waals surface area contributed by atoms with E-state index in [1.54, 1.807) is 0 Å². The van der Waals surface area contributed by atoms with Gasteiger partial charge in [0.15, 0.2) is 16.6 Å². The quantitative estimate of drug-likeness (QED) is 0.137. The summed E-state index contributed by atoms with van der Waals surface area (Å²) in [5.41, 5.74) is 14.8. The van der Waals surface area contributed by atoms with Gasteiger partial charge >= 0.3 is 0 Å². The van der Waals surface area contributed by atoms with Gasteiger partial charge in [-0.3, -0.25) is 0 Å². The second-order valence-electron chi connectivity index (χ2n) is 14.3. The second kappa shape index (κ2) is 11.4. The molecule has 244 valence electrons. The number of para-hydroxylation sites is 3. The lowest BCUT2D eigenvalue weighted by Gasteiger charge is -2.21. The van der Waals surface area contributed by atoms with Crippen molar-refractivity contribution < 1.29 is 8.98 Å². The molecule has 0 unspecified atom stereocenters. The molecule has 0 saturated heterocycles. The number of aryl methyl sites for hydroxylation is 2. The third-order valence-corrected chi connectivity index (χ3v) is 10.5. The number of rotatable bonds is 5. The van der Waals surface area contributed by atoms with Crippen molar-refractivity contribution >= 4 is 54.8 Å². The number of imidazole rings is 1. The molecule has 50 heavy (non-hydrogen) atoms. The van der Waals surface area contributed by atoms with E-state index in [0.717, 1.165) is 55.1 Å². The molecule has 0 N–H and O–H groups in total. The largest absolute Gasteiger partial charge is 0.454 e. The normalized spacial score (nSPS) is 12.2. The Morgan fingerprint density at radius 3 is 2.04 bits per heavy atom. The van der Waals surface area contributed by atoms with E-state index >= 15 is 0 Å². The minimum Gasteiger partial charge on any atom is -0.454 e. The third-order valence-electron chi connectivity index (χ3n) is 10.5. The van der Waals surface area contributed by atoms with Crippen LogP contribution in [-0.4, -0.2) is 9.55 Å². The Bertz CT molecular complexity index is 2750. The number of nitrogens with zero attached hydrogens (tertiary/aromatic N) is 3. The predicted octanol–water partition coefficient (Wildman–Crippen LogP) is 11.9. The first-order valence-electron chi connectivity index (χ1n) is 17.7. The van der Waals surface area contributed by atoms with E-state index in [1.165, 1.54) is 44.5 Å². The van der Waals surface area contributed by atoms with Gasteiger partial charge < -0.3 is 4.42 Å². The van der Waals surface area contributed by atoms with Crippen molar-refractivity contribution in [3.63, 3.8) is 0 Å². The number of benzene rings is 6. The lowest BCUT2D eigenvalue weighted by atomic mass is 9.88. The van der Waals surface area contributed by atoms with Crippen molar-refractivity contribution in [3.8, 4) is 28.2 Å². The Morgan fingerprint density at radius 1 is 0.620 bits per heavy atom. The zero-order valence-corrected chi connectivity index (χ0v) is 29.5. The number of hydrogen-bond acceptors (Lipinski definition) is 2. The van der Waals surface area contributed by atoms with E-state index in [-0.39, 0.29) is 0 Å². The SMILES string of the molecule is Cc1ccc2c(oc3c4cc5ccccc5nc4ccc23)c1-c1n(-c2c(C(C)C)cc(-c3ccccc3)cc2C(C)C)c2ccccc2[n+]1C. The van der Waals surface area contributed by atoms with Crippen molar-refractivity contribution in [1.82, 2.24) is 9.55 Å². The molecule has 6 aromatic carbocycles. The van der Waals surface area contributed by atoms with Crippen LogP contribution in [0.4, 0.5) is 0 Å². The topological polar surface area (TPSA) is 34.8 Å². The van der Waals surface area contributed by atoms with Crippen LogP contribution in [0.5, 0.6) is 0 Å². The van der Waals surface area contributed by atoms with Crippen molar-refractivity contribution in [2.24, 2.45) is 7.05 Å². The van der Waals surface area contributed by atoms with Gasteiger partial charge in [-0.1, -0.05) is 100 Å². The van der Waals surface area contributed by atoms with Gasteiger partial charge in [-0.25, -0.2) is 9.55 Å². The molecule has 0 amide bonds. The second-order valence-corrected chi connectivity index (χ2v) is 14.3. The average molecular weight is 651 g/mol. The van der Waals surface area contributed by atoms with E-state index in [2.05, 4.69) is 166 Å². The fraction of sp³-hybridized carbons (Fsp3) is 0.174. The molecule has 3 heterocycles. The molecule has 4 nitrogen and oxygen atoms in total. The Labute approximate surface area is 292 Å². The molecule has 9 rings (SSSR count). The minimum atomic E-state index is 0.294. The van der Waals surface area contributed by atoms with Crippen molar-refractivity contribution in [3.05, 3.63) is 138 Å². The molecule has 0 bridgehead atoms. The Morgan fingerprint density at radius 2 is 1.28 bits per heavy atom. The highest BCUT2D eigenvalue weighted by Gasteiger charge is 2.34. The number of hydrogen-bond donors (Lipinski definition) is 0. The van der Waals surface area contributed by atoms with Crippen LogP contribution in [0.15, 0.2) is 126 Å². The van der Waals surface area contributed by atoms with Gasteiger partial charge in [0.1, 0.15) is 16.8 Å². The Kier molecular flexibility index (Phi) is 6.93. The Hall–Kier alpha value is -5.74. The highest BCUT2D eigenvalue weighted by molar-refractivity contribution is 6.18. The summed E-state index contributed by atoms with van der Waals surface area (Å²) in [5, 5.41) is 4.36. The number of furan rings is 1. The van der Waals surface area contributed by atoms with E-state index in [1.807, 2.05) is 6.07 Å². The first-order chi connectivity index (χ1) is 24.3. The van der Waals surface area contributed by atoms with Crippen LogP contribution in [0.25, 0.3) is 83.0 Å². The fourth-order valence-electron chi connectivity index (χ4n) is 7.96. The molecular weight excluding hydrogens is 611 g/mol. The summed E-state index contributed by atoms with van der Waals surface area (Å²) in [4.78, 5) is 5.01. The molecule has 0 aliphatic carbocycles. The van der Waals surface area contributed by atoms with E-state index < -0.39 is 0 Å². The molecule has 3 aromatic heterocycles. The molecule has 4 heteroatoms. The third kappa shape index (κ3) is 4.51. The molecule has 0 aliphatic rings. The summed E-state index contributed by atoms with van der Waals surface area (Å²) in [6.45, 7) is 11.5. The van der Waals surface area contributed by atoms with Gasteiger partial charge in [0.25, 0.3) is 5.82 Å². The summed E-state index contributed by atoms with van der Waals surface area (Å²) >= 11 is 0. The van der Waals surface area contributed by atoms with Gasteiger partial charge in [-0.05, 0) is 84.0 Å². The molecule has 0 aliphatic heterocycles. The molecule has 9 aromatic rings. The van der Waals surface area contributed by atoms with Crippen LogP contribution < -0.4 is 4.57 Å². The maximum absolute atomic E-state index is 7.09. The van der Waals surface area contributed by atoms with Gasteiger partial charge in [0, 0.05) is 32.7 Å². The molecule has 0 atom stereocenters. The zero-order valence-electron chi connectivity index (χ0n) is 29.5. The van der Waals surface area contributed by atoms with Crippen molar-refractivity contribution in [2.75, 3.05) is 0 Å². The van der Waals surface area contributed by atoms with Gasteiger partial charge in [0.05, 0.1) is 18.1 Å². The maximum Gasteiger partial charge on any atom is 0.299 e. The first kappa shape index (κ1) is 30.3. The summed E-state index contributed by atoms with van der Waals surface area (Å²) in [5.74, 6) is 1.70. The number of aromatic nitrogens is 3. The lowest BCUT2D eigenvalue weighted by Crippen LogP contribution is -2.30. The smallest absolute Gasteiger partial charge is 0.299 e. The number of pyridine rings is 1. The van der Waals surface area contributed by atoms with Crippen LogP contribution in [0, 0.1) is 6.92 Å². The highest BCUT2D eigenvalue weighted by Crippen LogP contribution is 2.44. The fourth-order valence-corrected chi connectivity index (χ4v) is 7.96. The van der Waals surface area contributed by atoms with E-state index in [0.29, 0.717) is 11.8 Å². The standard InChI is InChI=1S/C46H40N3O/c1-27(2)35-25-32(30-14-8-7-9-15-30)26-36(28(3)4)43(35)49-41-19-13-12-18-40(41)48(6)46(49)42-29(5)20-21-34-33-22-23-39-37(44(33)50-45(34)42)24-31-16-10-11-17-38(31)47-39/h7-28H,1-6H3/q+1. The van der Waals surface area contributed by atoms with Crippen molar-refractivity contribution in [1.29, 1.82) is 0 Å². The van der Waals surface area contributed by atoms with Gasteiger partial charge in [-0.15, -0.1) is 0 Å².